The van der Waals surface area contributed by atoms with E-state index < -0.39 is 6.04 Å². The van der Waals surface area contributed by atoms with Crippen LogP contribution in [-0.2, 0) is 17.6 Å². The van der Waals surface area contributed by atoms with E-state index in [0.29, 0.717) is 36.5 Å². The highest BCUT2D eigenvalue weighted by Gasteiger charge is 2.32. The van der Waals surface area contributed by atoms with Crippen LogP contribution in [-0.4, -0.2) is 36.0 Å². The molecule has 1 heterocycles. The van der Waals surface area contributed by atoms with Crippen LogP contribution in [0.2, 0.25) is 5.02 Å². The average molecular weight is 480 g/mol. The first-order valence-electron chi connectivity index (χ1n) is 11.3. The van der Waals surface area contributed by atoms with E-state index in [1.807, 2.05) is 43.1 Å². The van der Waals surface area contributed by atoms with Crippen LogP contribution in [0.1, 0.15) is 34.0 Å². The van der Waals surface area contributed by atoms with Gasteiger partial charge in [-0.15, -0.1) is 0 Å². The molecule has 176 valence electrons. The maximum Gasteiger partial charge on any atom is 0.263 e. The third-order valence-corrected chi connectivity index (χ3v) is 6.25. The van der Waals surface area contributed by atoms with Crippen LogP contribution >= 0.6 is 11.6 Å². The lowest BCUT2D eigenvalue weighted by atomic mass is 10.0. The number of carbonyl (C=O) groups excluding carboxylic acids is 2. The number of hydrogen-bond donors (Lipinski definition) is 1. The highest BCUT2D eigenvalue weighted by Crippen LogP contribution is 2.30. The molecule has 0 bridgehead atoms. The Hall–Kier alpha value is -3.38. The van der Waals surface area contributed by atoms with Crippen LogP contribution in [0.3, 0.4) is 0 Å². The highest BCUT2D eigenvalue weighted by molar-refractivity contribution is 6.30. The first kappa shape index (κ1) is 23.8. The zero-order chi connectivity index (χ0) is 24.2. The lowest BCUT2D eigenvalue weighted by Gasteiger charge is -2.35. The van der Waals surface area contributed by atoms with Crippen LogP contribution in [0.5, 0.6) is 0 Å². The third kappa shape index (κ3) is 5.23. The molecule has 0 saturated carbocycles. The van der Waals surface area contributed by atoms with Crippen molar-refractivity contribution in [1.29, 1.82) is 0 Å². The molecule has 3 aromatic rings. The van der Waals surface area contributed by atoms with E-state index in [9.17, 15) is 14.0 Å². The van der Waals surface area contributed by atoms with Crippen molar-refractivity contribution >= 4 is 29.1 Å². The van der Waals surface area contributed by atoms with Crippen molar-refractivity contribution in [3.63, 3.8) is 0 Å². The molecule has 0 aliphatic carbocycles. The van der Waals surface area contributed by atoms with E-state index in [1.165, 1.54) is 12.1 Å². The van der Waals surface area contributed by atoms with Crippen LogP contribution in [0.4, 0.5) is 10.1 Å². The molecular formula is C27H27ClFN3O2. The molecule has 7 heteroatoms. The Bertz CT molecular complexity index is 1200. The second kappa shape index (κ2) is 10.3. The summed E-state index contributed by atoms with van der Waals surface area (Å²) in [5.41, 5.74) is 4.02. The number of benzene rings is 3. The van der Waals surface area contributed by atoms with Crippen molar-refractivity contribution in [3.05, 3.63) is 99.8 Å². The minimum atomic E-state index is -0.793. The van der Waals surface area contributed by atoms with E-state index in [1.54, 1.807) is 35.3 Å². The number of halogens is 2. The van der Waals surface area contributed by atoms with Crippen LogP contribution < -0.4 is 10.3 Å². The number of fused-ring (bicyclic) bond motifs is 1. The van der Waals surface area contributed by atoms with Gasteiger partial charge in [-0.25, -0.2) is 4.39 Å². The Morgan fingerprint density at radius 3 is 2.59 bits per heavy atom. The number of carbonyl (C=O) groups is 2. The molecule has 34 heavy (non-hydrogen) atoms. The van der Waals surface area contributed by atoms with Gasteiger partial charge >= 0.3 is 0 Å². The molecule has 0 saturated heterocycles. The maximum atomic E-state index is 13.8. The van der Waals surface area contributed by atoms with Gasteiger partial charge in [-0.1, -0.05) is 41.4 Å². The molecule has 0 radical (unpaired) electrons. The monoisotopic (exact) mass is 479 g/mol. The number of hydrogen-bond acceptors (Lipinski definition) is 3. The molecule has 3 aromatic carbocycles. The maximum absolute atomic E-state index is 13.8. The largest absolute Gasteiger partial charge is 0.340 e. The Labute approximate surface area is 204 Å². The third-order valence-electron chi connectivity index (χ3n) is 5.99. The Kier molecular flexibility index (Phi) is 7.17. The minimum absolute atomic E-state index is 0.226. The van der Waals surface area contributed by atoms with Gasteiger partial charge < -0.3 is 5.32 Å². The predicted molar refractivity (Wildman–Crippen MR) is 132 cm³/mol. The number of nitrogens with one attached hydrogen (secondary N) is 1. The topological polar surface area (TPSA) is 52.7 Å². The smallest absolute Gasteiger partial charge is 0.263 e. The lowest BCUT2D eigenvalue weighted by Crippen LogP contribution is -2.55. The summed E-state index contributed by atoms with van der Waals surface area (Å²) < 4.78 is 13.7. The van der Waals surface area contributed by atoms with E-state index in [-0.39, 0.29) is 17.6 Å². The summed E-state index contributed by atoms with van der Waals surface area (Å²) in [6.07, 6.45) is 0.961. The first-order valence-corrected chi connectivity index (χ1v) is 11.7. The van der Waals surface area contributed by atoms with Crippen LogP contribution in [0, 0.1) is 12.7 Å². The van der Waals surface area contributed by atoms with E-state index in [2.05, 4.69) is 5.32 Å². The quantitative estimate of drug-likeness (QED) is 0.521. The van der Waals surface area contributed by atoms with E-state index in [0.717, 1.165) is 22.4 Å². The Balaban J connectivity index is 1.62. The molecule has 4 rings (SSSR count). The number of rotatable bonds is 7. The van der Waals surface area contributed by atoms with Crippen LogP contribution in [0.25, 0.3) is 0 Å². The van der Waals surface area contributed by atoms with Gasteiger partial charge in [-0.05, 0) is 73.9 Å². The van der Waals surface area contributed by atoms with Crippen molar-refractivity contribution < 1.29 is 14.0 Å². The summed E-state index contributed by atoms with van der Waals surface area (Å²) in [6, 6.07) is 18.3. The molecule has 0 fully saturated rings. The van der Waals surface area contributed by atoms with Crippen molar-refractivity contribution in [2.75, 3.05) is 18.1 Å². The van der Waals surface area contributed by atoms with E-state index >= 15 is 0 Å². The zero-order valence-electron chi connectivity index (χ0n) is 19.2. The fraction of sp³-hybridized carbons (Fsp3) is 0.259. The second-order valence-corrected chi connectivity index (χ2v) is 8.86. The van der Waals surface area contributed by atoms with Gasteiger partial charge in [-0.3, -0.25) is 19.6 Å². The number of hydrazine groups is 1. The normalized spacial score (nSPS) is 13.4. The molecule has 1 N–H and O–H groups in total. The summed E-state index contributed by atoms with van der Waals surface area (Å²) >= 11 is 6.03. The number of aryl methyl sites for hydroxylation is 1. The SMILES string of the molecule is CCN(C(=O)C(Cc1ccc(Cl)cc1)NC(=O)c1cccc(C)c1)N1CCc2cc(F)ccc21. The predicted octanol–water partition coefficient (Wildman–Crippen LogP) is 4.95. The molecular weight excluding hydrogens is 453 g/mol. The summed E-state index contributed by atoms with van der Waals surface area (Å²) in [7, 11) is 0. The molecule has 1 unspecified atom stereocenters. The van der Waals surface area contributed by atoms with Crippen molar-refractivity contribution in [2.45, 2.75) is 32.7 Å². The van der Waals surface area contributed by atoms with Gasteiger partial charge in [-0.2, -0.15) is 0 Å². The Morgan fingerprint density at radius 2 is 1.88 bits per heavy atom. The standard InChI is InChI=1S/C27H27ClFN3O2/c1-3-31(32-14-13-20-17-23(29)11-12-25(20)32)27(34)24(16-19-7-9-22(28)10-8-19)30-26(33)21-6-4-5-18(2)15-21/h4-12,15,17,24H,3,13-14,16H2,1-2H3,(H,30,33). The molecule has 1 aliphatic heterocycles. The van der Waals surface area contributed by atoms with Crippen molar-refractivity contribution in [3.8, 4) is 0 Å². The summed E-state index contributed by atoms with van der Waals surface area (Å²) in [6.45, 7) is 4.78. The van der Waals surface area contributed by atoms with Gasteiger partial charge in [0.15, 0.2) is 0 Å². The molecule has 1 atom stereocenters. The number of likely N-dealkylation sites (N-methyl/N-ethyl adjacent to an activating group) is 1. The summed E-state index contributed by atoms with van der Waals surface area (Å²) in [5, 5.41) is 7.07. The fourth-order valence-electron chi connectivity index (χ4n) is 4.31. The molecule has 2 amide bonds. The van der Waals surface area contributed by atoms with Crippen molar-refractivity contribution in [1.82, 2.24) is 10.3 Å². The van der Waals surface area contributed by atoms with Crippen LogP contribution in [0.15, 0.2) is 66.7 Å². The zero-order valence-corrected chi connectivity index (χ0v) is 20.0. The van der Waals surface area contributed by atoms with Crippen molar-refractivity contribution in [2.24, 2.45) is 0 Å². The molecule has 0 spiro atoms. The minimum Gasteiger partial charge on any atom is -0.340 e. The van der Waals surface area contributed by atoms with Gasteiger partial charge in [0.25, 0.3) is 11.8 Å². The van der Waals surface area contributed by atoms with Gasteiger partial charge in [0.05, 0.1) is 5.69 Å². The van der Waals surface area contributed by atoms with Gasteiger partial charge in [0.1, 0.15) is 11.9 Å². The number of anilines is 1. The highest BCUT2D eigenvalue weighted by atomic mass is 35.5. The van der Waals surface area contributed by atoms with E-state index in [4.69, 9.17) is 11.6 Å². The van der Waals surface area contributed by atoms with Gasteiger partial charge in [0, 0.05) is 30.1 Å². The fourth-order valence-corrected chi connectivity index (χ4v) is 4.44. The first-order chi connectivity index (χ1) is 16.4. The second-order valence-electron chi connectivity index (χ2n) is 8.43. The lowest BCUT2D eigenvalue weighted by molar-refractivity contribution is -0.133. The summed E-state index contributed by atoms with van der Waals surface area (Å²) in [5.74, 6) is -0.826. The number of amides is 2. The summed E-state index contributed by atoms with van der Waals surface area (Å²) in [4.78, 5) is 26.9. The Morgan fingerprint density at radius 1 is 1.12 bits per heavy atom. The molecule has 1 aliphatic rings. The molecule has 5 nitrogen and oxygen atoms in total. The molecule has 0 aromatic heterocycles. The average Bonchev–Trinajstić information content (AvgIpc) is 3.23. The van der Waals surface area contributed by atoms with Gasteiger partial charge in [0.2, 0.25) is 0 Å². The number of nitrogens with zero attached hydrogens (tertiary/aromatic N) is 2.